The van der Waals surface area contributed by atoms with Crippen molar-refractivity contribution in [2.24, 2.45) is 0 Å². The van der Waals surface area contributed by atoms with Crippen LogP contribution in [0.3, 0.4) is 0 Å². The molecule has 1 aromatic carbocycles. The molecule has 7 heteroatoms. The van der Waals surface area contributed by atoms with E-state index in [1.807, 2.05) is 0 Å². The molecule has 0 aromatic heterocycles. The summed E-state index contributed by atoms with van der Waals surface area (Å²) in [6.45, 7) is 0.406. The van der Waals surface area contributed by atoms with E-state index in [1.54, 1.807) is 0 Å². The van der Waals surface area contributed by atoms with Crippen molar-refractivity contribution in [2.75, 3.05) is 6.54 Å². The van der Waals surface area contributed by atoms with Gasteiger partial charge >= 0.3 is 5.97 Å². The van der Waals surface area contributed by atoms with Crippen molar-refractivity contribution >= 4 is 23.6 Å². The number of alkyl halides is 2. The van der Waals surface area contributed by atoms with Crippen LogP contribution in [0.2, 0.25) is 0 Å². The number of benzene rings is 1. The van der Waals surface area contributed by atoms with Gasteiger partial charge in [-0.15, -0.1) is 0 Å². The number of amides is 1. The second-order valence-corrected chi connectivity index (χ2v) is 5.46. The molecular formula is C13H13F2NO3S. The fourth-order valence-electron chi connectivity index (χ4n) is 2.21. The van der Waals surface area contributed by atoms with E-state index in [-0.39, 0.29) is 5.91 Å². The molecule has 108 valence electrons. The first-order valence-electron chi connectivity index (χ1n) is 6.07. The molecule has 1 aliphatic heterocycles. The molecule has 0 bridgehead atoms. The van der Waals surface area contributed by atoms with Crippen LogP contribution in [0.5, 0.6) is 0 Å². The lowest BCUT2D eigenvalue weighted by atomic mass is 10.1. The molecule has 0 saturated carbocycles. The van der Waals surface area contributed by atoms with E-state index >= 15 is 0 Å². The van der Waals surface area contributed by atoms with Gasteiger partial charge in [0.1, 0.15) is 6.04 Å². The van der Waals surface area contributed by atoms with Gasteiger partial charge in [0.25, 0.3) is 11.7 Å². The molecule has 1 fully saturated rings. The summed E-state index contributed by atoms with van der Waals surface area (Å²) in [6.07, 6.45) is 1.10. The van der Waals surface area contributed by atoms with Crippen LogP contribution in [0, 0.1) is 0 Å². The van der Waals surface area contributed by atoms with E-state index in [0.29, 0.717) is 41.6 Å². The monoisotopic (exact) mass is 301 g/mol. The van der Waals surface area contributed by atoms with Crippen molar-refractivity contribution in [3.05, 3.63) is 29.8 Å². The molecular weight excluding hydrogens is 288 g/mol. The van der Waals surface area contributed by atoms with E-state index < -0.39 is 17.8 Å². The summed E-state index contributed by atoms with van der Waals surface area (Å²) >= 11 is 0.404. The number of carbonyl (C=O) groups excluding carboxylic acids is 1. The first kappa shape index (κ1) is 14.8. The number of carboxylic acids is 1. The van der Waals surface area contributed by atoms with Crippen molar-refractivity contribution in [1.82, 2.24) is 4.90 Å². The van der Waals surface area contributed by atoms with Gasteiger partial charge in [-0.2, -0.15) is 8.78 Å². The molecule has 1 atom stereocenters. The van der Waals surface area contributed by atoms with Gasteiger partial charge in [-0.3, -0.25) is 4.79 Å². The predicted molar refractivity (Wildman–Crippen MR) is 70.0 cm³/mol. The van der Waals surface area contributed by atoms with Crippen LogP contribution in [0.1, 0.15) is 23.2 Å². The lowest BCUT2D eigenvalue weighted by Gasteiger charge is -2.21. The first-order valence-corrected chi connectivity index (χ1v) is 6.95. The predicted octanol–water partition coefficient (Wildman–Crippen LogP) is 2.69. The van der Waals surface area contributed by atoms with Gasteiger partial charge in [0.05, 0.1) is 0 Å². The number of likely N-dealkylation sites (tertiary alicyclic amines) is 1. The topological polar surface area (TPSA) is 57.6 Å². The highest BCUT2D eigenvalue weighted by atomic mass is 32.2. The maximum absolute atomic E-state index is 12.2. The highest BCUT2D eigenvalue weighted by molar-refractivity contribution is 7.99. The van der Waals surface area contributed by atoms with Crippen molar-refractivity contribution in [1.29, 1.82) is 0 Å². The Kier molecular flexibility index (Phi) is 4.59. The normalized spacial score (nSPS) is 18.6. The third-order valence-corrected chi connectivity index (χ3v) is 3.85. The average Bonchev–Trinajstić information content (AvgIpc) is 2.87. The Morgan fingerprint density at radius 2 is 1.95 bits per heavy atom. The number of carbonyl (C=O) groups is 2. The van der Waals surface area contributed by atoms with Crippen molar-refractivity contribution in [3.63, 3.8) is 0 Å². The zero-order chi connectivity index (χ0) is 14.7. The summed E-state index contributed by atoms with van der Waals surface area (Å²) in [6, 6.07) is 4.98. The van der Waals surface area contributed by atoms with Crippen LogP contribution in [0.15, 0.2) is 29.2 Å². The van der Waals surface area contributed by atoms with Crippen molar-refractivity contribution in [2.45, 2.75) is 29.5 Å². The molecule has 4 nitrogen and oxygen atoms in total. The Balaban J connectivity index is 2.11. The molecule has 1 saturated heterocycles. The second-order valence-electron chi connectivity index (χ2n) is 4.40. The Hall–Kier alpha value is -1.63. The molecule has 2 rings (SSSR count). The SMILES string of the molecule is O=C(O)C1CCCN1C(=O)c1ccc(SC(F)F)cc1. The van der Waals surface area contributed by atoms with E-state index in [4.69, 9.17) is 5.11 Å². The van der Waals surface area contributed by atoms with E-state index in [1.165, 1.54) is 29.2 Å². The quantitative estimate of drug-likeness (QED) is 0.869. The van der Waals surface area contributed by atoms with Gasteiger partial charge in [0.2, 0.25) is 0 Å². The van der Waals surface area contributed by atoms with Gasteiger partial charge in [0.15, 0.2) is 0 Å². The number of halogens is 2. The third kappa shape index (κ3) is 3.27. The Morgan fingerprint density at radius 1 is 1.30 bits per heavy atom. The fraction of sp³-hybridized carbons (Fsp3) is 0.385. The summed E-state index contributed by atoms with van der Waals surface area (Å²) in [7, 11) is 0. The van der Waals surface area contributed by atoms with Crippen LogP contribution in [0.4, 0.5) is 8.78 Å². The van der Waals surface area contributed by atoms with Crippen molar-refractivity contribution in [3.8, 4) is 0 Å². The Labute approximate surface area is 118 Å². The van der Waals surface area contributed by atoms with Gasteiger partial charge in [-0.1, -0.05) is 11.8 Å². The summed E-state index contributed by atoms with van der Waals surface area (Å²) in [4.78, 5) is 24.9. The second kappa shape index (κ2) is 6.21. The lowest BCUT2D eigenvalue weighted by Crippen LogP contribution is -2.40. The van der Waals surface area contributed by atoms with Crippen LogP contribution < -0.4 is 0 Å². The maximum Gasteiger partial charge on any atom is 0.326 e. The van der Waals surface area contributed by atoms with E-state index in [2.05, 4.69) is 0 Å². The number of carboxylic acid groups (broad SMARTS) is 1. The Bertz CT molecular complexity index is 507. The number of nitrogens with zero attached hydrogens (tertiary/aromatic N) is 1. The molecule has 1 N–H and O–H groups in total. The first-order chi connectivity index (χ1) is 9.49. The van der Waals surface area contributed by atoms with E-state index in [0.717, 1.165) is 0 Å². The van der Waals surface area contributed by atoms with Gasteiger partial charge in [-0.05, 0) is 37.1 Å². The van der Waals surface area contributed by atoms with Crippen LogP contribution in [-0.4, -0.2) is 40.2 Å². The van der Waals surface area contributed by atoms with Crippen LogP contribution in [-0.2, 0) is 4.79 Å². The smallest absolute Gasteiger partial charge is 0.326 e. The summed E-state index contributed by atoms with van der Waals surface area (Å²) in [5, 5.41) is 9.04. The summed E-state index contributed by atoms with van der Waals surface area (Å²) in [5.74, 6) is -3.89. The molecule has 1 aliphatic rings. The van der Waals surface area contributed by atoms with Gasteiger partial charge in [0, 0.05) is 17.0 Å². The molecule has 1 amide bonds. The highest BCUT2D eigenvalue weighted by Crippen LogP contribution is 2.26. The van der Waals surface area contributed by atoms with Gasteiger partial charge in [-0.25, -0.2) is 4.79 Å². The number of rotatable bonds is 4. The van der Waals surface area contributed by atoms with E-state index in [9.17, 15) is 18.4 Å². The molecule has 1 unspecified atom stereocenters. The van der Waals surface area contributed by atoms with Crippen LogP contribution >= 0.6 is 11.8 Å². The average molecular weight is 301 g/mol. The molecule has 0 aliphatic carbocycles. The molecule has 1 heterocycles. The standard InChI is InChI=1S/C13H13F2NO3S/c14-13(15)20-9-5-3-8(4-6-9)11(17)16-7-1-2-10(16)12(18)19/h3-6,10,13H,1-2,7H2,(H,18,19). The van der Waals surface area contributed by atoms with Gasteiger partial charge < -0.3 is 10.0 Å². The summed E-state index contributed by atoms with van der Waals surface area (Å²) in [5.41, 5.74) is 0.316. The number of hydrogen-bond acceptors (Lipinski definition) is 3. The Morgan fingerprint density at radius 3 is 2.50 bits per heavy atom. The maximum atomic E-state index is 12.2. The summed E-state index contributed by atoms with van der Waals surface area (Å²) < 4.78 is 24.4. The zero-order valence-electron chi connectivity index (χ0n) is 10.5. The number of aliphatic carboxylic acids is 1. The molecule has 20 heavy (non-hydrogen) atoms. The molecule has 0 spiro atoms. The minimum atomic E-state index is -2.51. The van der Waals surface area contributed by atoms with Crippen molar-refractivity contribution < 1.29 is 23.5 Å². The third-order valence-electron chi connectivity index (χ3n) is 3.13. The molecule has 0 radical (unpaired) electrons. The number of thioether (sulfide) groups is 1. The zero-order valence-corrected chi connectivity index (χ0v) is 11.3. The minimum absolute atomic E-state index is 0.316. The largest absolute Gasteiger partial charge is 0.480 e. The highest BCUT2D eigenvalue weighted by Gasteiger charge is 2.34. The lowest BCUT2D eigenvalue weighted by molar-refractivity contribution is -0.141. The fourth-order valence-corrected chi connectivity index (χ4v) is 2.71. The molecule has 1 aromatic rings. The van der Waals surface area contributed by atoms with Crippen LogP contribution in [0.25, 0.3) is 0 Å². The number of hydrogen-bond donors (Lipinski definition) is 1. The minimum Gasteiger partial charge on any atom is -0.480 e.